The lowest BCUT2D eigenvalue weighted by Gasteiger charge is -2.31. The van der Waals surface area contributed by atoms with Crippen LogP contribution in [0.4, 0.5) is 0 Å². The summed E-state index contributed by atoms with van der Waals surface area (Å²) in [6.07, 6.45) is -0.571. The average Bonchev–Trinajstić information content (AvgIpc) is 2.65. The van der Waals surface area contributed by atoms with Gasteiger partial charge in [0, 0.05) is 11.6 Å². The molecule has 1 aliphatic heterocycles. The van der Waals surface area contributed by atoms with E-state index in [2.05, 4.69) is 47.8 Å². The van der Waals surface area contributed by atoms with E-state index in [-0.39, 0.29) is 5.78 Å². The second kappa shape index (κ2) is 7.78. The summed E-state index contributed by atoms with van der Waals surface area (Å²) in [6, 6.07) is 7.10. The third-order valence-corrected chi connectivity index (χ3v) is 6.31. The molecule has 2 aromatic rings. The molecule has 1 aliphatic rings. The van der Waals surface area contributed by atoms with Crippen molar-refractivity contribution in [3.05, 3.63) is 44.3 Å². The largest absolute Gasteiger partial charge is 0.497 e. The smallest absolute Gasteiger partial charge is 0.184 e. The molecular weight excluding hydrogens is 536 g/mol. The standard InChI is InChI=1S/C18H15Br3O5/c1-23-8-4-5-9(12(6-8)24-2)16-13(20)15(22)10-7-11(19)18(25-3)14(21)17(10)26-16/h4-7,13,16H,1-3H3. The first-order chi connectivity index (χ1) is 12.4. The van der Waals surface area contributed by atoms with Crippen LogP contribution in [0.3, 0.4) is 0 Å². The van der Waals surface area contributed by atoms with Crippen molar-refractivity contribution in [3.8, 4) is 23.0 Å². The normalized spacial score (nSPS) is 18.8. The van der Waals surface area contributed by atoms with Crippen LogP contribution in [-0.2, 0) is 0 Å². The molecule has 0 saturated heterocycles. The molecule has 3 rings (SSSR count). The molecule has 0 bridgehead atoms. The maximum Gasteiger partial charge on any atom is 0.184 e. The van der Waals surface area contributed by atoms with Crippen LogP contribution in [0.25, 0.3) is 0 Å². The molecule has 0 aliphatic carbocycles. The van der Waals surface area contributed by atoms with Crippen LogP contribution in [-0.4, -0.2) is 31.9 Å². The van der Waals surface area contributed by atoms with E-state index in [1.54, 1.807) is 39.5 Å². The Morgan fingerprint density at radius 2 is 1.77 bits per heavy atom. The van der Waals surface area contributed by atoms with Gasteiger partial charge in [0.25, 0.3) is 0 Å². The van der Waals surface area contributed by atoms with Crippen molar-refractivity contribution in [2.75, 3.05) is 21.3 Å². The first-order valence-electron chi connectivity index (χ1n) is 7.55. The van der Waals surface area contributed by atoms with E-state index in [9.17, 15) is 4.79 Å². The van der Waals surface area contributed by atoms with Gasteiger partial charge in [0.1, 0.15) is 32.7 Å². The third kappa shape index (κ3) is 3.23. The molecule has 0 radical (unpaired) electrons. The predicted octanol–water partition coefficient (Wildman–Crippen LogP) is 5.32. The molecule has 2 atom stereocenters. The molecule has 1 heterocycles. The minimum absolute atomic E-state index is 0.0850. The van der Waals surface area contributed by atoms with Crippen LogP contribution >= 0.6 is 47.8 Å². The van der Waals surface area contributed by atoms with Crippen LogP contribution in [0.5, 0.6) is 23.0 Å². The zero-order chi connectivity index (χ0) is 19.0. The molecule has 2 unspecified atom stereocenters. The molecule has 0 saturated carbocycles. The molecule has 26 heavy (non-hydrogen) atoms. The van der Waals surface area contributed by atoms with Crippen molar-refractivity contribution in [2.45, 2.75) is 10.9 Å². The average molecular weight is 551 g/mol. The number of hydrogen-bond donors (Lipinski definition) is 0. The van der Waals surface area contributed by atoms with E-state index in [0.29, 0.717) is 37.5 Å². The van der Waals surface area contributed by atoms with Crippen LogP contribution in [0, 0.1) is 0 Å². The zero-order valence-electron chi connectivity index (χ0n) is 14.1. The zero-order valence-corrected chi connectivity index (χ0v) is 18.9. The topological polar surface area (TPSA) is 54.0 Å². The first kappa shape index (κ1) is 19.5. The maximum atomic E-state index is 13.0. The number of carbonyl (C=O) groups excluding carboxylic acids is 1. The Labute approximate surface area is 176 Å². The lowest BCUT2D eigenvalue weighted by atomic mass is 9.95. The Morgan fingerprint density at radius 3 is 2.38 bits per heavy atom. The SMILES string of the molecule is COc1ccc(C2Oc3c(cc(Br)c(OC)c3Br)C(=O)C2Br)c(OC)c1. The number of halogens is 3. The summed E-state index contributed by atoms with van der Waals surface area (Å²) < 4.78 is 23.5. The molecule has 0 fully saturated rings. The van der Waals surface area contributed by atoms with Crippen molar-refractivity contribution >= 4 is 53.6 Å². The monoisotopic (exact) mass is 548 g/mol. The Morgan fingerprint density at radius 1 is 1.04 bits per heavy atom. The van der Waals surface area contributed by atoms with Crippen LogP contribution in [0.15, 0.2) is 33.2 Å². The highest BCUT2D eigenvalue weighted by atomic mass is 79.9. The summed E-state index contributed by atoms with van der Waals surface area (Å²) in [4.78, 5) is 12.4. The van der Waals surface area contributed by atoms with E-state index >= 15 is 0 Å². The highest BCUT2D eigenvalue weighted by Gasteiger charge is 2.40. The van der Waals surface area contributed by atoms with Crippen molar-refractivity contribution < 1.29 is 23.7 Å². The molecular formula is C18H15Br3O5. The number of fused-ring (bicyclic) bond motifs is 1. The van der Waals surface area contributed by atoms with Crippen molar-refractivity contribution in [1.29, 1.82) is 0 Å². The van der Waals surface area contributed by atoms with Gasteiger partial charge in [0.15, 0.2) is 11.5 Å². The predicted molar refractivity (Wildman–Crippen MR) is 108 cm³/mol. The number of carbonyl (C=O) groups is 1. The number of ketones is 1. The van der Waals surface area contributed by atoms with Gasteiger partial charge in [-0.15, -0.1) is 0 Å². The Balaban J connectivity index is 2.12. The fourth-order valence-corrected chi connectivity index (χ4v) is 4.99. The molecule has 138 valence electrons. The van der Waals surface area contributed by atoms with Gasteiger partial charge in [-0.1, -0.05) is 15.9 Å². The van der Waals surface area contributed by atoms with Gasteiger partial charge < -0.3 is 18.9 Å². The number of benzene rings is 2. The molecule has 5 nitrogen and oxygen atoms in total. The first-order valence-corrected chi connectivity index (χ1v) is 10.1. The summed E-state index contributed by atoms with van der Waals surface area (Å²) in [5.41, 5.74) is 1.21. The van der Waals surface area contributed by atoms with E-state index in [0.717, 1.165) is 5.56 Å². The van der Waals surface area contributed by atoms with E-state index < -0.39 is 10.9 Å². The summed E-state index contributed by atoms with van der Waals surface area (Å²) in [6.45, 7) is 0. The maximum absolute atomic E-state index is 13.0. The van der Waals surface area contributed by atoms with Crippen LogP contribution in [0.2, 0.25) is 0 Å². The molecule has 0 N–H and O–H groups in total. The lowest BCUT2D eigenvalue weighted by Crippen LogP contribution is -2.32. The van der Waals surface area contributed by atoms with Crippen molar-refractivity contribution in [2.24, 2.45) is 0 Å². The van der Waals surface area contributed by atoms with Gasteiger partial charge in [0.2, 0.25) is 0 Å². The van der Waals surface area contributed by atoms with E-state index in [4.69, 9.17) is 18.9 Å². The van der Waals surface area contributed by atoms with Gasteiger partial charge in [-0.3, -0.25) is 4.79 Å². The molecule has 8 heteroatoms. The Bertz CT molecular complexity index is 868. The molecule has 0 amide bonds. The number of methoxy groups -OCH3 is 3. The summed E-state index contributed by atoms with van der Waals surface area (Å²) in [5.74, 6) is 2.15. The van der Waals surface area contributed by atoms with Crippen LogP contribution in [0.1, 0.15) is 22.0 Å². The van der Waals surface area contributed by atoms with Gasteiger partial charge in [-0.25, -0.2) is 0 Å². The number of rotatable bonds is 4. The molecule has 2 aromatic carbocycles. The summed E-state index contributed by atoms with van der Waals surface area (Å²) >= 11 is 10.4. The number of alkyl halides is 1. The highest BCUT2D eigenvalue weighted by Crippen LogP contribution is 2.49. The third-order valence-electron chi connectivity index (χ3n) is 4.11. The molecule has 0 spiro atoms. The Kier molecular flexibility index (Phi) is 5.84. The van der Waals surface area contributed by atoms with Gasteiger partial charge in [-0.2, -0.15) is 0 Å². The Hall–Kier alpha value is -1.25. The van der Waals surface area contributed by atoms with Gasteiger partial charge >= 0.3 is 0 Å². The fraction of sp³-hybridized carbons (Fsp3) is 0.278. The quantitative estimate of drug-likeness (QED) is 0.483. The van der Waals surface area contributed by atoms with Crippen molar-refractivity contribution in [1.82, 2.24) is 0 Å². The summed E-state index contributed by atoms with van der Waals surface area (Å²) in [5, 5.41) is 0. The van der Waals surface area contributed by atoms with Crippen molar-refractivity contribution in [3.63, 3.8) is 0 Å². The number of ether oxygens (including phenoxy) is 4. The minimum Gasteiger partial charge on any atom is -0.497 e. The summed E-state index contributed by atoms with van der Waals surface area (Å²) in [7, 11) is 4.70. The van der Waals surface area contributed by atoms with Crippen LogP contribution < -0.4 is 18.9 Å². The van der Waals surface area contributed by atoms with Gasteiger partial charge in [0.05, 0.1) is 31.4 Å². The minimum atomic E-state index is -0.571. The number of hydrogen-bond acceptors (Lipinski definition) is 5. The van der Waals surface area contributed by atoms with E-state index in [1.807, 2.05) is 6.07 Å². The fourth-order valence-electron chi connectivity index (χ4n) is 2.82. The highest BCUT2D eigenvalue weighted by molar-refractivity contribution is 9.11. The second-order valence-corrected chi connectivity index (χ2v) is 8.13. The van der Waals surface area contributed by atoms with E-state index in [1.165, 1.54) is 0 Å². The number of Topliss-reactive ketones (excluding diaryl/α,β-unsaturated/α-hetero) is 1. The lowest BCUT2D eigenvalue weighted by molar-refractivity contribution is 0.0867. The molecule has 0 aromatic heterocycles. The van der Waals surface area contributed by atoms with Gasteiger partial charge in [-0.05, 0) is 50.1 Å². The second-order valence-electron chi connectivity index (χ2n) is 5.49.